The maximum Gasteiger partial charge on any atom is 0.253 e. The average molecular weight is 657 g/mol. The number of para-hydroxylation sites is 2. The predicted molar refractivity (Wildman–Crippen MR) is 174 cm³/mol. The number of hydrazone groups is 1. The number of hydrogen-bond donors (Lipinski definition) is 1. The fraction of sp³-hybridized carbons (Fsp3) is 0.182. The summed E-state index contributed by atoms with van der Waals surface area (Å²) in [7, 11) is 3.17. The molecule has 0 radical (unpaired) electrons. The number of ether oxygens (including phenoxy) is 2. The van der Waals surface area contributed by atoms with Gasteiger partial charge in [-0.25, -0.2) is 9.40 Å². The van der Waals surface area contributed by atoms with Gasteiger partial charge in [-0.3, -0.25) is 14.2 Å². The van der Waals surface area contributed by atoms with Gasteiger partial charge in [-0.15, -0.1) is 21.5 Å². The zero-order valence-electron chi connectivity index (χ0n) is 24.9. The van der Waals surface area contributed by atoms with Crippen molar-refractivity contribution in [2.75, 3.05) is 20.0 Å². The standard InChI is InChI=1S/C33H29FN6O4S2/c1-43-24-14-12-21(13-15-24)27-18-25(29-11-6-16-45-29)38-40(27)31(41)20-46-33-37-36-30(39(33)26-9-3-4-10-28(26)44-2)19-35-32(42)22-7-5-8-23(34)17-22/h3-17,27H,18-20H2,1-2H3,(H,35,42)/t27-/m1/s1. The van der Waals surface area contributed by atoms with Crippen molar-refractivity contribution in [2.45, 2.75) is 24.2 Å². The molecule has 0 fully saturated rings. The van der Waals surface area contributed by atoms with Gasteiger partial charge in [0.25, 0.3) is 11.8 Å². The van der Waals surface area contributed by atoms with Crippen molar-refractivity contribution >= 4 is 40.6 Å². The van der Waals surface area contributed by atoms with Gasteiger partial charge in [0.2, 0.25) is 0 Å². The number of hydrogen-bond acceptors (Lipinski definition) is 9. The Labute approximate surface area is 272 Å². The first-order valence-electron chi connectivity index (χ1n) is 14.3. The number of rotatable bonds is 11. The van der Waals surface area contributed by atoms with E-state index in [1.807, 2.05) is 60.0 Å². The number of benzene rings is 3. The van der Waals surface area contributed by atoms with E-state index < -0.39 is 11.7 Å². The Balaban J connectivity index is 1.25. The van der Waals surface area contributed by atoms with E-state index in [2.05, 4.69) is 15.5 Å². The van der Waals surface area contributed by atoms with Crippen LogP contribution in [0.3, 0.4) is 0 Å². The average Bonchev–Trinajstić information content (AvgIpc) is 3.86. The van der Waals surface area contributed by atoms with Crippen LogP contribution in [0.4, 0.5) is 4.39 Å². The summed E-state index contributed by atoms with van der Waals surface area (Å²) in [6, 6.07) is 24.1. The molecule has 6 rings (SSSR count). The summed E-state index contributed by atoms with van der Waals surface area (Å²) in [6.45, 7) is -0.00492. The number of aromatic nitrogens is 3. The number of thioether (sulfide) groups is 1. The third-order valence-corrected chi connectivity index (χ3v) is 9.15. The van der Waals surface area contributed by atoms with E-state index in [4.69, 9.17) is 14.6 Å². The first-order chi connectivity index (χ1) is 22.4. The molecule has 0 unspecified atom stereocenters. The highest BCUT2D eigenvalue weighted by Gasteiger charge is 2.34. The van der Waals surface area contributed by atoms with Crippen LogP contribution in [0.2, 0.25) is 0 Å². The molecule has 1 atom stereocenters. The summed E-state index contributed by atoms with van der Waals surface area (Å²) in [5, 5.41) is 20.2. The molecule has 3 aromatic carbocycles. The molecule has 3 heterocycles. The third kappa shape index (κ3) is 6.65. The number of thiophene rings is 1. The Hall–Kier alpha value is -5.01. The first kappa shape index (κ1) is 31.0. The highest BCUT2D eigenvalue weighted by Crippen LogP contribution is 2.36. The quantitative estimate of drug-likeness (QED) is 0.177. The second kappa shape index (κ2) is 14.0. The van der Waals surface area contributed by atoms with E-state index in [9.17, 15) is 14.0 Å². The number of halogens is 1. The van der Waals surface area contributed by atoms with Crippen molar-refractivity contribution in [2.24, 2.45) is 5.10 Å². The summed E-state index contributed by atoms with van der Waals surface area (Å²) in [4.78, 5) is 27.6. The molecule has 0 bridgehead atoms. The molecule has 234 valence electrons. The van der Waals surface area contributed by atoms with Crippen LogP contribution in [0, 0.1) is 5.82 Å². The van der Waals surface area contributed by atoms with E-state index in [0.29, 0.717) is 28.8 Å². The van der Waals surface area contributed by atoms with E-state index in [1.54, 1.807) is 41.2 Å². The molecule has 0 aliphatic carbocycles. The summed E-state index contributed by atoms with van der Waals surface area (Å²) in [5.74, 6) is 0.540. The van der Waals surface area contributed by atoms with Crippen LogP contribution in [0.5, 0.6) is 11.5 Å². The normalized spacial score (nSPS) is 14.2. The van der Waals surface area contributed by atoms with Crippen LogP contribution in [-0.2, 0) is 11.3 Å². The SMILES string of the molecule is COc1ccc([C@H]2CC(c3cccs3)=NN2C(=O)CSc2nnc(CNC(=O)c3cccc(F)c3)n2-c2ccccc2OC)cc1. The minimum absolute atomic E-state index is 0.00492. The molecule has 2 amide bonds. The molecular weight excluding hydrogens is 628 g/mol. The van der Waals surface area contributed by atoms with Crippen LogP contribution in [0.1, 0.15) is 39.1 Å². The largest absolute Gasteiger partial charge is 0.497 e. The topological polar surface area (TPSA) is 111 Å². The maximum absolute atomic E-state index is 13.8. The second-order valence-corrected chi connectivity index (χ2v) is 12.0. The van der Waals surface area contributed by atoms with Gasteiger partial charge in [-0.1, -0.05) is 48.2 Å². The molecule has 1 N–H and O–H groups in total. The van der Waals surface area contributed by atoms with E-state index in [-0.39, 0.29) is 29.8 Å². The van der Waals surface area contributed by atoms with Crippen molar-refractivity contribution < 1.29 is 23.5 Å². The van der Waals surface area contributed by atoms with Crippen LogP contribution < -0.4 is 14.8 Å². The van der Waals surface area contributed by atoms with E-state index in [0.717, 1.165) is 28.0 Å². The zero-order chi connectivity index (χ0) is 32.0. The van der Waals surface area contributed by atoms with Gasteiger partial charge >= 0.3 is 0 Å². The Bertz CT molecular complexity index is 1880. The molecule has 13 heteroatoms. The lowest BCUT2D eigenvalue weighted by atomic mass is 10.0. The summed E-state index contributed by atoms with van der Waals surface area (Å²) >= 11 is 2.79. The second-order valence-electron chi connectivity index (χ2n) is 10.1. The summed E-state index contributed by atoms with van der Waals surface area (Å²) < 4.78 is 26.4. The molecule has 0 spiro atoms. The van der Waals surface area contributed by atoms with Crippen LogP contribution in [0.25, 0.3) is 5.69 Å². The lowest BCUT2D eigenvalue weighted by molar-refractivity contribution is -0.130. The van der Waals surface area contributed by atoms with Crippen LogP contribution >= 0.6 is 23.1 Å². The molecular formula is C33H29FN6O4S2. The smallest absolute Gasteiger partial charge is 0.253 e. The molecule has 1 aliphatic rings. The minimum Gasteiger partial charge on any atom is -0.497 e. The number of methoxy groups -OCH3 is 2. The lowest BCUT2D eigenvalue weighted by Crippen LogP contribution is -2.28. The fourth-order valence-corrected chi connectivity index (χ4v) is 6.60. The highest BCUT2D eigenvalue weighted by atomic mass is 32.2. The van der Waals surface area contributed by atoms with E-state index >= 15 is 0 Å². The van der Waals surface area contributed by atoms with Crippen molar-refractivity contribution in [1.29, 1.82) is 0 Å². The summed E-state index contributed by atoms with van der Waals surface area (Å²) in [5.41, 5.74) is 2.61. The third-order valence-electron chi connectivity index (χ3n) is 7.32. The first-order valence-corrected chi connectivity index (χ1v) is 16.1. The van der Waals surface area contributed by atoms with Gasteiger partial charge in [0.15, 0.2) is 11.0 Å². The van der Waals surface area contributed by atoms with Gasteiger partial charge in [0.1, 0.15) is 17.3 Å². The molecule has 10 nitrogen and oxygen atoms in total. The van der Waals surface area contributed by atoms with Crippen molar-refractivity contribution in [1.82, 2.24) is 25.1 Å². The highest BCUT2D eigenvalue weighted by molar-refractivity contribution is 7.99. The van der Waals surface area contributed by atoms with Crippen molar-refractivity contribution in [3.8, 4) is 17.2 Å². The van der Waals surface area contributed by atoms with E-state index in [1.165, 1.54) is 30.0 Å². The number of nitrogens with one attached hydrogen (secondary N) is 1. The van der Waals surface area contributed by atoms with Crippen molar-refractivity contribution in [3.63, 3.8) is 0 Å². The van der Waals surface area contributed by atoms with Crippen LogP contribution in [0.15, 0.2) is 101 Å². The Morgan fingerprint density at radius 1 is 1.00 bits per heavy atom. The summed E-state index contributed by atoms with van der Waals surface area (Å²) in [6.07, 6.45) is 0.579. The molecule has 2 aromatic heterocycles. The molecule has 1 aliphatic heterocycles. The Morgan fingerprint density at radius 2 is 1.83 bits per heavy atom. The number of carbonyl (C=O) groups is 2. The lowest BCUT2D eigenvalue weighted by Gasteiger charge is -2.22. The van der Waals surface area contributed by atoms with Gasteiger partial charge in [-0.2, -0.15) is 5.10 Å². The molecule has 0 saturated carbocycles. The molecule has 46 heavy (non-hydrogen) atoms. The fourth-order valence-electron chi connectivity index (χ4n) is 5.07. The monoisotopic (exact) mass is 656 g/mol. The minimum atomic E-state index is -0.507. The Morgan fingerprint density at radius 3 is 2.57 bits per heavy atom. The van der Waals surface area contributed by atoms with Gasteiger partial charge in [-0.05, 0) is 59.5 Å². The number of nitrogens with zero attached hydrogens (tertiary/aromatic N) is 5. The number of amides is 2. The number of carbonyl (C=O) groups excluding carboxylic acids is 2. The predicted octanol–water partition coefficient (Wildman–Crippen LogP) is 5.89. The van der Waals surface area contributed by atoms with Gasteiger partial charge in [0, 0.05) is 12.0 Å². The maximum atomic E-state index is 13.8. The van der Waals surface area contributed by atoms with Gasteiger partial charge < -0.3 is 14.8 Å². The Kier molecular flexibility index (Phi) is 9.41. The zero-order valence-corrected chi connectivity index (χ0v) is 26.6. The molecule has 0 saturated heterocycles. The molecule has 5 aromatic rings. The van der Waals surface area contributed by atoms with Crippen molar-refractivity contribution in [3.05, 3.63) is 118 Å². The van der Waals surface area contributed by atoms with Crippen LogP contribution in [-0.4, -0.2) is 57.3 Å². The van der Waals surface area contributed by atoms with Gasteiger partial charge in [0.05, 0.1) is 48.8 Å².